The number of nitrogens with zero attached hydrogens (tertiary/aromatic N) is 2. The van der Waals surface area contributed by atoms with Crippen LogP contribution in [0, 0.1) is 12.7 Å². The van der Waals surface area contributed by atoms with Gasteiger partial charge in [-0.15, -0.1) is 0 Å². The monoisotopic (exact) mass is 343 g/mol. The minimum Gasteiger partial charge on any atom is -0.473 e. The average molecular weight is 343 g/mol. The number of amides is 2. The molecule has 2 aromatic carbocycles. The molecule has 132 valence electrons. The number of ether oxygens (including phenoxy) is 1. The van der Waals surface area contributed by atoms with Crippen LogP contribution in [0.4, 0.5) is 14.9 Å². The van der Waals surface area contributed by atoms with Crippen molar-refractivity contribution in [2.75, 3.05) is 37.8 Å². The molecule has 5 nitrogen and oxygen atoms in total. The van der Waals surface area contributed by atoms with E-state index < -0.39 is 0 Å². The highest BCUT2D eigenvalue weighted by molar-refractivity contribution is 5.74. The number of carbonyl (C=O) groups excluding carboxylic acids is 1. The normalized spacial score (nSPS) is 14.3. The predicted octanol–water partition coefficient (Wildman–Crippen LogP) is 3.00. The Bertz CT molecular complexity index is 696. The first-order valence-corrected chi connectivity index (χ1v) is 8.34. The third-order valence-corrected chi connectivity index (χ3v) is 4.24. The zero-order valence-electron chi connectivity index (χ0n) is 14.2. The Balaban J connectivity index is 1.42. The molecule has 0 aliphatic carbocycles. The van der Waals surface area contributed by atoms with E-state index in [1.807, 2.05) is 31.2 Å². The number of carbonyl (C=O) groups is 1. The number of benzene rings is 2. The van der Waals surface area contributed by atoms with Crippen molar-refractivity contribution < 1.29 is 13.9 Å². The highest BCUT2D eigenvalue weighted by atomic mass is 19.1. The topological polar surface area (TPSA) is 44.8 Å². The summed E-state index contributed by atoms with van der Waals surface area (Å²) in [5.41, 5.74) is 2.14. The van der Waals surface area contributed by atoms with Crippen LogP contribution in [0.25, 0.3) is 0 Å². The van der Waals surface area contributed by atoms with Crippen molar-refractivity contribution in [3.05, 3.63) is 59.9 Å². The van der Waals surface area contributed by atoms with Gasteiger partial charge in [0, 0.05) is 31.9 Å². The molecule has 2 aromatic rings. The van der Waals surface area contributed by atoms with Gasteiger partial charge in [0.05, 0.1) is 0 Å². The lowest BCUT2D eigenvalue weighted by molar-refractivity contribution is 0.181. The molecule has 0 spiro atoms. The van der Waals surface area contributed by atoms with Crippen LogP contribution < -0.4 is 15.0 Å². The van der Waals surface area contributed by atoms with Gasteiger partial charge in [-0.05, 0) is 43.3 Å². The molecule has 0 bridgehead atoms. The fourth-order valence-corrected chi connectivity index (χ4v) is 2.75. The van der Waals surface area contributed by atoms with Gasteiger partial charge in [-0.1, -0.05) is 17.7 Å². The van der Waals surface area contributed by atoms with E-state index in [1.54, 1.807) is 17.0 Å². The van der Waals surface area contributed by atoms with E-state index in [-0.39, 0.29) is 18.6 Å². The number of piperazine rings is 1. The fourth-order valence-electron chi connectivity index (χ4n) is 2.75. The number of hydrogen-bond donors (Lipinski definition) is 1. The number of halogens is 1. The van der Waals surface area contributed by atoms with Crippen LogP contribution in [0.1, 0.15) is 5.56 Å². The molecule has 0 saturated carbocycles. The first-order valence-electron chi connectivity index (χ1n) is 8.34. The average Bonchev–Trinajstić information content (AvgIpc) is 2.64. The third kappa shape index (κ3) is 4.62. The zero-order valence-corrected chi connectivity index (χ0v) is 14.2. The van der Waals surface area contributed by atoms with Crippen LogP contribution in [0.15, 0.2) is 48.5 Å². The van der Waals surface area contributed by atoms with E-state index in [0.29, 0.717) is 13.1 Å². The van der Waals surface area contributed by atoms with E-state index in [1.165, 1.54) is 12.1 Å². The molecule has 1 aliphatic heterocycles. The maximum atomic E-state index is 13.0. The maximum Gasteiger partial charge on any atom is 0.320 e. The Kier molecular flexibility index (Phi) is 5.38. The zero-order chi connectivity index (χ0) is 17.6. The summed E-state index contributed by atoms with van der Waals surface area (Å²) in [6.45, 7) is 4.83. The largest absolute Gasteiger partial charge is 0.473 e. The number of aryl methyl sites for hydroxylation is 1. The molecule has 1 fully saturated rings. The standard InChI is InChI=1S/C19H22FN3O2/c1-15-2-8-18(9-3-15)25-14-21-19(24)23-12-10-22(11-13-23)17-6-4-16(20)5-7-17/h2-9H,10-14H2,1H3,(H,21,24). The van der Waals surface area contributed by atoms with Crippen LogP contribution in [-0.2, 0) is 0 Å². The van der Waals surface area contributed by atoms with Crippen molar-refractivity contribution in [3.63, 3.8) is 0 Å². The van der Waals surface area contributed by atoms with Gasteiger partial charge in [0.25, 0.3) is 0 Å². The second-order valence-electron chi connectivity index (χ2n) is 6.03. The summed E-state index contributed by atoms with van der Waals surface area (Å²) < 4.78 is 18.5. The Morgan fingerprint density at radius 1 is 1.04 bits per heavy atom. The molecule has 0 unspecified atom stereocenters. The van der Waals surface area contributed by atoms with Gasteiger partial charge in [0.15, 0.2) is 6.73 Å². The number of hydrogen-bond acceptors (Lipinski definition) is 3. The van der Waals surface area contributed by atoms with E-state index >= 15 is 0 Å². The van der Waals surface area contributed by atoms with E-state index in [4.69, 9.17) is 4.74 Å². The molecular formula is C19H22FN3O2. The van der Waals surface area contributed by atoms with E-state index in [9.17, 15) is 9.18 Å². The van der Waals surface area contributed by atoms with E-state index in [0.717, 1.165) is 30.1 Å². The van der Waals surface area contributed by atoms with Crippen LogP contribution in [0.5, 0.6) is 5.75 Å². The van der Waals surface area contributed by atoms with Crippen molar-refractivity contribution in [1.29, 1.82) is 0 Å². The van der Waals surface area contributed by atoms with Crippen molar-refractivity contribution >= 4 is 11.7 Å². The summed E-state index contributed by atoms with van der Waals surface area (Å²) in [6.07, 6.45) is 0. The van der Waals surface area contributed by atoms with Crippen LogP contribution in [0.3, 0.4) is 0 Å². The Morgan fingerprint density at radius 2 is 1.68 bits per heavy atom. The molecular weight excluding hydrogens is 321 g/mol. The second kappa shape index (κ2) is 7.88. The molecule has 25 heavy (non-hydrogen) atoms. The molecule has 1 saturated heterocycles. The predicted molar refractivity (Wildman–Crippen MR) is 95.4 cm³/mol. The summed E-state index contributed by atoms with van der Waals surface area (Å²) in [5.74, 6) is 0.488. The molecule has 0 atom stereocenters. The smallest absolute Gasteiger partial charge is 0.320 e. The summed E-state index contributed by atoms with van der Waals surface area (Å²) in [5, 5.41) is 2.77. The van der Waals surface area contributed by atoms with Gasteiger partial charge >= 0.3 is 6.03 Å². The van der Waals surface area contributed by atoms with Crippen molar-refractivity contribution in [3.8, 4) is 5.75 Å². The molecule has 1 heterocycles. The molecule has 1 N–H and O–H groups in total. The SMILES string of the molecule is Cc1ccc(OCNC(=O)N2CCN(c3ccc(F)cc3)CC2)cc1. The van der Waals surface area contributed by atoms with Crippen molar-refractivity contribution in [2.24, 2.45) is 0 Å². The number of urea groups is 1. The molecule has 1 aliphatic rings. The second-order valence-corrected chi connectivity index (χ2v) is 6.03. The summed E-state index contributed by atoms with van der Waals surface area (Å²) in [6, 6.07) is 14.0. The molecule has 2 amide bonds. The van der Waals surface area contributed by atoms with Crippen LogP contribution in [-0.4, -0.2) is 43.8 Å². The summed E-state index contributed by atoms with van der Waals surface area (Å²) >= 11 is 0. The van der Waals surface area contributed by atoms with Gasteiger partial charge in [-0.2, -0.15) is 0 Å². The Hall–Kier alpha value is -2.76. The Morgan fingerprint density at radius 3 is 2.32 bits per heavy atom. The number of nitrogens with one attached hydrogen (secondary N) is 1. The summed E-state index contributed by atoms with van der Waals surface area (Å²) in [7, 11) is 0. The third-order valence-electron chi connectivity index (χ3n) is 4.24. The summed E-state index contributed by atoms with van der Waals surface area (Å²) in [4.78, 5) is 16.1. The lowest BCUT2D eigenvalue weighted by Crippen LogP contribution is -2.52. The van der Waals surface area contributed by atoms with Gasteiger partial charge in [0.1, 0.15) is 11.6 Å². The molecule has 3 rings (SSSR count). The number of anilines is 1. The highest BCUT2D eigenvalue weighted by Gasteiger charge is 2.21. The minimum atomic E-state index is -0.240. The molecule has 0 radical (unpaired) electrons. The lowest BCUT2D eigenvalue weighted by Gasteiger charge is -2.36. The molecule has 0 aromatic heterocycles. The molecule has 6 heteroatoms. The van der Waals surface area contributed by atoms with Crippen LogP contribution >= 0.6 is 0 Å². The first kappa shape index (κ1) is 17.1. The van der Waals surface area contributed by atoms with Crippen molar-refractivity contribution in [2.45, 2.75) is 6.92 Å². The quantitative estimate of drug-likeness (QED) is 0.868. The van der Waals surface area contributed by atoms with Crippen LogP contribution in [0.2, 0.25) is 0 Å². The maximum absolute atomic E-state index is 13.0. The van der Waals surface area contributed by atoms with Gasteiger partial charge in [0.2, 0.25) is 0 Å². The van der Waals surface area contributed by atoms with E-state index in [2.05, 4.69) is 10.2 Å². The van der Waals surface area contributed by atoms with Gasteiger partial charge in [-0.25, -0.2) is 9.18 Å². The van der Waals surface area contributed by atoms with Gasteiger partial charge < -0.3 is 19.9 Å². The lowest BCUT2D eigenvalue weighted by atomic mass is 10.2. The van der Waals surface area contributed by atoms with Crippen molar-refractivity contribution in [1.82, 2.24) is 10.2 Å². The first-order chi connectivity index (χ1) is 12.1. The van der Waals surface area contributed by atoms with Gasteiger partial charge in [-0.3, -0.25) is 0 Å². The fraction of sp³-hybridized carbons (Fsp3) is 0.316. The number of rotatable bonds is 4. The Labute approximate surface area is 147 Å². The highest BCUT2D eigenvalue weighted by Crippen LogP contribution is 2.17. The minimum absolute atomic E-state index is 0.133.